The summed E-state index contributed by atoms with van der Waals surface area (Å²) in [6.07, 6.45) is 2.73. The molecule has 0 radical (unpaired) electrons. The molecule has 0 spiro atoms. The van der Waals surface area contributed by atoms with Gasteiger partial charge in [0.05, 0.1) is 11.9 Å². The van der Waals surface area contributed by atoms with Gasteiger partial charge in [-0.3, -0.25) is 4.90 Å². The number of nitrogens with zero attached hydrogens (tertiary/aromatic N) is 1. The minimum atomic E-state index is -2.83. The lowest BCUT2D eigenvalue weighted by atomic mass is 10.3. The van der Waals surface area contributed by atoms with E-state index in [2.05, 4.69) is 10.2 Å². The van der Waals surface area contributed by atoms with Gasteiger partial charge in [-0.05, 0) is 6.42 Å². The molecule has 0 amide bonds. The van der Waals surface area contributed by atoms with Crippen molar-refractivity contribution in [3.63, 3.8) is 0 Å². The summed E-state index contributed by atoms with van der Waals surface area (Å²) in [5, 5.41) is 3.14. The molecule has 1 fully saturated rings. The van der Waals surface area contributed by atoms with E-state index >= 15 is 0 Å². The Hall–Kier alpha value is -0.170. The molecule has 1 heterocycles. The predicted molar refractivity (Wildman–Crippen MR) is 64.4 cm³/mol. The molecule has 1 N–H and O–H groups in total. The fourth-order valence-electron chi connectivity index (χ4n) is 1.81. The highest BCUT2D eigenvalue weighted by Gasteiger charge is 2.20. The molecule has 0 bridgehead atoms. The quantitative estimate of drug-likeness (QED) is 0.608. The summed E-state index contributed by atoms with van der Waals surface area (Å²) in [4.78, 5) is 2.33. The molecule has 5 nitrogen and oxygen atoms in total. The number of nitrogens with one attached hydrogen (secondary N) is 1. The lowest BCUT2D eigenvalue weighted by Crippen LogP contribution is -2.33. The maximum absolute atomic E-state index is 10.9. The minimum Gasteiger partial charge on any atom is -0.380 e. The van der Waals surface area contributed by atoms with E-state index in [4.69, 9.17) is 4.74 Å². The molecule has 1 aliphatic heterocycles. The highest BCUT2D eigenvalue weighted by atomic mass is 32.2. The van der Waals surface area contributed by atoms with Gasteiger partial charge in [0.15, 0.2) is 0 Å². The number of hydrogen-bond acceptors (Lipinski definition) is 5. The Morgan fingerprint density at radius 2 is 2.19 bits per heavy atom. The van der Waals surface area contributed by atoms with Gasteiger partial charge in [0.25, 0.3) is 0 Å². The van der Waals surface area contributed by atoms with Crippen LogP contribution in [0.5, 0.6) is 0 Å². The maximum atomic E-state index is 10.9. The highest BCUT2D eigenvalue weighted by Crippen LogP contribution is 2.10. The monoisotopic (exact) mass is 250 g/mol. The SMILES string of the molecule is COC1CCN(CCNCCS(C)(=O)=O)C1. The topological polar surface area (TPSA) is 58.6 Å². The summed E-state index contributed by atoms with van der Waals surface area (Å²) in [7, 11) is -1.08. The molecular formula is C10H22N2O3S. The zero-order valence-electron chi connectivity index (χ0n) is 10.1. The number of ether oxygens (including phenoxy) is 1. The smallest absolute Gasteiger partial charge is 0.148 e. The van der Waals surface area contributed by atoms with Crippen LogP contribution in [0.3, 0.4) is 0 Å². The van der Waals surface area contributed by atoms with Crippen LogP contribution in [0.15, 0.2) is 0 Å². The van der Waals surface area contributed by atoms with Crippen LogP contribution in [0, 0.1) is 0 Å². The first-order valence-electron chi connectivity index (χ1n) is 5.65. The molecule has 6 heteroatoms. The Morgan fingerprint density at radius 1 is 1.44 bits per heavy atom. The zero-order valence-corrected chi connectivity index (χ0v) is 10.9. The van der Waals surface area contributed by atoms with Crippen LogP contribution in [0.25, 0.3) is 0 Å². The Labute approximate surface area is 98.1 Å². The minimum absolute atomic E-state index is 0.216. The summed E-state index contributed by atoms with van der Waals surface area (Å²) in [6.45, 7) is 4.41. The zero-order chi connectivity index (χ0) is 12.0. The number of methoxy groups -OCH3 is 1. The van der Waals surface area contributed by atoms with Crippen molar-refractivity contribution in [2.75, 3.05) is 51.8 Å². The third-order valence-electron chi connectivity index (χ3n) is 2.82. The third kappa shape index (κ3) is 5.79. The molecule has 1 unspecified atom stereocenters. The number of likely N-dealkylation sites (tertiary alicyclic amines) is 1. The maximum Gasteiger partial charge on any atom is 0.148 e. The Bertz CT molecular complexity index is 292. The van der Waals surface area contributed by atoms with Crippen LogP contribution in [0.4, 0.5) is 0 Å². The number of rotatable bonds is 7. The van der Waals surface area contributed by atoms with Crippen LogP contribution in [0.2, 0.25) is 0 Å². The molecule has 16 heavy (non-hydrogen) atoms. The summed E-state index contributed by atoms with van der Waals surface area (Å²) in [6, 6.07) is 0. The first-order chi connectivity index (χ1) is 7.51. The molecule has 96 valence electrons. The molecule has 0 aromatic carbocycles. The van der Waals surface area contributed by atoms with E-state index in [0.717, 1.165) is 32.6 Å². The molecule has 0 aromatic rings. The average molecular weight is 250 g/mol. The van der Waals surface area contributed by atoms with Crippen LogP contribution < -0.4 is 5.32 Å². The van der Waals surface area contributed by atoms with E-state index in [1.165, 1.54) is 6.26 Å². The fourth-order valence-corrected chi connectivity index (χ4v) is 2.33. The van der Waals surface area contributed by atoms with E-state index in [9.17, 15) is 8.42 Å². The molecule has 0 aliphatic carbocycles. The van der Waals surface area contributed by atoms with Crippen molar-refractivity contribution < 1.29 is 13.2 Å². The van der Waals surface area contributed by atoms with Crippen LogP contribution >= 0.6 is 0 Å². The van der Waals surface area contributed by atoms with E-state index in [1.807, 2.05) is 0 Å². The molecule has 0 aromatic heterocycles. The first kappa shape index (κ1) is 13.9. The fraction of sp³-hybridized carbons (Fsp3) is 1.00. The van der Waals surface area contributed by atoms with Gasteiger partial charge in [0.1, 0.15) is 9.84 Å². The number of sulfone groups is 1. The first-order valence-corrected chi connectivity index (χ1v) is 7.71. The molecule has 0 saturated carbocycles. The van der Waals surface area contributed by atoms with Gasteiger partial charge < -0.3 is 10.1 Å². The van der Waals surface area contributed by atoms with Crippen molar-refractivity contribution in [3.8, 4) is 0 Å². The summed E-state index contributed by atoms with van der Waals surface area (Å²) >= 11 is 0. The molecule has 1 aliphatic rings. The Balaban J connectivity index is 2.00. The van der Waals surface area contributed by atoms with Gasteiger partial charge in [-0.15, -0.1) is 0 Å². The summed E-state index contributed by atoms with van der Waals surface area (Å²) in [5.74, 6) is 0.216. The van der Waals surface area contributed by atoms with Gasteiger partial charge in [0.2, 0.25) is 0 Å². The second-order valence-corrected chi connectivity index (χ2v) is 6.59. The highest BCUT2D eigenvalue weighted by molar-refractivity contribution is 7.90. The van der Waals surface area contributed by atoms with Crippen LogP contribution in [0.1, 0.15) is 6.42 Å². The van der Waals surface area contributed by atoms with Crippen molar-refractivity contribution in [2.24, 2.45) is 0 Å². The second kappa shape index (κ2) is 6.54. The van der Waals surface area contributed by atoms with E-state index in [-0.39, 0.29) is 5.75 Å². The van der Waals surface area contributed by atoms with Gasteiger partial charge >= 0.3 is 0 Å². The van der Waals surface area contributed by atoms with Crippen molar-refractivity contribution in [1.82, 2.24) is 10.2 Å². The second-order valence-electron chi connectivity index (χ2n) is 4.33. The van der Waals surface area contributed by atoms with Crippen molar-refractivity contribution in [3.05, 3.63) is 0 Å². The number of hydrogen-bond donors (Lipinski definition) is 1. The third-order valence-corrected chi connectivity index (χ3v) is 3.76. The Kier molecular flexibility index (Phi) is 5.68. The van der Waals surface area contributed by atoms with Gasteiger partial charge in [-0.25, -0.2) is 8.42 Å². The van der Waals surface area contributed by atoms with Gasteiger partial charge in [-0.1, -0.05) is 0 Å². The average Bonchev–Trinajstić information content (AvgIpc) is 2.63. The normalized spacial score (nSPS) is 22.8. The predicted octanol–water partition coefficient (Wildman–Crippen LogP) is -0.659. The summed E-state index contributed by atoms with van der Waals surface area (Å²) in [5.41, 5.74) is 0. The van der Waals surface area contributed by atoms with Gasteiger partial charge in [-0.2, -0.15) is 0 Å². The summed E-state index contributed by atoms with van der Waals surface area (Å²) < 4.78 is 27.0. The van der Waals surface area contributed by atoms with E-state index in [0.29, 0.717) is 12.6 Å². The molecule has 1 saturated heterocycles. The van der Waals surface area contributed by atoms with Crippen molar-refractivity contribution in [1.29, 1.82) is 0 Å². The van der Waals surface area contributed by atoms with Gasteiger partial charge in [0, 0.05) is 46.1 Å². The van der Waals surface area contributed by atoms with Crippen LogP contribution in [-0.4, -0.2) is 71.3 Å². The lowest BCUT2D eigenvalue weighted by Gasteiger charge is -2.15. The van der Waals surface area contributed by atoms with Crippen molar-refractivity contribution in [2.45, 2.75) is 12.5 Å². The largest absolute Gasteiger partial charge is 0.380 e. The molecule has 1 atom stereocenters. The molecular weight excluding hydrogens is 228 g/mol. The lowest BCUT2D eigenvalue weighted by molar-refractivity contribution is 0.108. The molecule has 1 rings (SSSR count). The van der Waals surface area contributed by atoms with Crippen molar-refractivity contribution >= 4 is 9.84 Å². The standard InChI is InChI=1S/C10H22N2O3S/c1-15-10-3-6-12(9-10)7-4-11-5-8-16(2,13)14/h10-11H,3-9H2,1-2H3. The van der Waals surface area contributed by atoms with Crippen LogP contribution in [-0.2, 0) is 14.6 Å². The van der Waals surface area contributed by atoms with E-state index < -0.39 is 9.84 Å². The van der Waals surface area contributed by atoms with E-state index in [1.54, 1.807) is 7.11 Å². The Morgan fingerprint density at radius 3 is 2.75 bits per heavy atom.